The van der Waals surface area contributed by atoms with Gasteiger partial charge in [-0.2, -0.15) is 0 Å². The lowest BCUT2D eigenvalue weighted by molar-refractivity contribution is -0.858. The molecule has 0 bridgehead atoms. The highest BCUT2D eigenvalue weighted by Crippen LogP contribution is 2.34. The molecule has 2 heterocycles. The number of para-hydroxylation sites is 1. The Balaban J connectivity index is 1.67. The molecular weight excluding hydrogens is 386 g/mol. The van der Waals surface area contributed by atoms with Crippen LogP contribution in [0.15, 0.2) is 36.4 Å². The number of ether oxygens (including phenoxy) is 2. The van der Waals surface area contributed by atoms with Gasteiger partial charge in [0.1, 0.15) is 13.2 Å². The first-order chi connectivity index (χ1) is 14.0. The normalized spacial score (nSPS) is 13.1. The number of carbonyl (C=O) groups excluding carboxylic acids is 1. The van der Waals surface area contributed by atoms with E-state index in [1.54, 1.807) is 28.4 Å². The monoisotopic (exact) mass is 412 g/mol. The summed E-state index contributed by atoms with van der Waals surface area (Å²) in [4.78, 5) is 21.4. The van der Waals surface area contributed by atoms with Gasteiger partial charge in [0.15, 0.2) is 16.6 Å². The third kappa shape index (κ3) is 4.21. The van der Waals surface area contributed by atoms with Crippen molar-refractivity contribution in [2.24, 2.45) is 0 Å². The van der Waals surface area contributed by atoms with Crippen LogP contribution in [0.5, 0.6) is 11.5 Å². The lowest BCUT2D eigenvalue weighted by atomic mass is 10.1. The molecule has 3 aromatic rings. The predicted octanol–water partition coefficient (Wildman–Crippen LogP) is 2.56. The number of quaternary nitrogens is 1. The number of fused-ring (bicyclic) bond motifs is 2. The van der Waals surface area contributed by atoms with E-state index < -0.39 is 0 Å². The lowest BCUT2D eigenvalue weighted by Crippen LogP contribution is -3.05. The van der Waals surface area contributed by atoms with Crippen LogP contribution in [0.1, 0.15) is 22.3 Å². The number of aryl methyl sites for hydroxylation is 1. The van der Waals surface area contributed by atoms with E-state index in [0.29, 0.717) is 36.8 Å². The predicted molar refractivity (Wildman–Crippen MR) is 116 cm³/mol. The summed E-state index contributed by atoms with van der Waals surface area (Å²) >= 11 is 1.56. The third-order valence-corrected chi connectivity index (χ3v) is 5.98. The first-order valence-corrected chi connectivity index (χ1v) is 10.7. The van der Waals surface area contributed by atoms with Gasteiger partial charge in [0.2, 0.25) is 0 Å². The summed E-state index contributed by atoms with van der Waals surface area (Å²) in [5, 5.41) is 0.739. The van der Waals surface area contributed by atoms with Crippen molar-refractivity contribution in [3.8, 4) is 11.5 Å². The van der Waals surface area contributed by atoms with Gasteiger partial charge >= 0.3 is 0 Å². The molecule has 0 atom stereocenters. The third-order valence-electron chi connectivity index (χ3n) is 4.93. The number of anilines is 1. The number of carbonyl (C=O) groups is 1. The molecule has 7 heteroatoms. The first-order valence-electron chi connectivity index (χ1n) is 9.89. The molecular formula is C22H26N3O3S+. The number of benzene rings is 2. The number of nitrogens with one attached hydrogen (secondary N) is 1. The molecule has 4 rings (SSSR count). The fourth-order valence-corrected chi connectivity index (χ4v) is 4.46. The zero-order valence-electron chi connectivity index (χ0n) is 17.0. The maximum absolute atomic E-state index is 13.5. The summed E-state index contributed by atoms with van der Waals surface area (Å²) in [6, 6.07) is 11.5. The maximum atomic E-state index is 13.5. The number of nitrogens with zero attached hydrogens (tertiary/aromatic N) is 2. The van der Waals surface area contributed by atoms with Crippen LogP contribution >= 0.6 is 11.3 Å². The molecule has 1 aromatic heterocycles. The van der Waals surface area contributed by atoms with Crippen LogP contribution < -0.4 is 19.3 Å². The fourth-order valence-electron chi connectivity index (χ4n) is 3.40. The van der Waals surface area contributed by atoms with Crippen LogP contribution in [0.2, 0.25) is 0 Å². The maximum Gasteiger partial charge on any atom is 0.260 e. The first kappa shape index (κ1) is 19.7. The molecule has 0 saturated carbocycles. The van der Waals surface area contributed by atoms with Gasteiger partial charge in [-0.25, -0.2) is 4.98 Å². The SMILES string of the molecule is Cc1cccc2sc(N(CCC[NH+](C)C)C(=O)c3ccc4c(c3)OCCO4)nc12. The zero-order chi connectivity index (χ0) is 20.4. The Kier molecular flexibility index (Phi) is 5.69. The van der Waals surface area contributed by atoms with E-state index in [2.05, 4.69) is 20.2 Å². The fraction of sp³-hybridized carbons (Fsp3) is 0.364. The number of hydrogen-bond donors (Lipinski definition) is 1. The Morgan fingerprint density at radius 3 is 2.72 bits per heavy atom. The molecule has 1 N–H and O–H groups in total. The molecule has 152 valence electrons. The van der Waals surface area contributed by atoms with Crippen molar-refractivity contribution in [3.63, 3.8) is 0 Å². The minimum atomic E-state index is -0.0626. The second kappa shape index (κ2) is 8.39. The highest BCUT2D eigenvalue weighted by molar-refractivity contribution is 7.22. The average molecular weight is 413 g/mol. The molecule has 0 saturated heterocycles. The van der Waals surface area contributed by atoms with Crippen molar-refractivity contribution >= 4 is 32.6 Å². The van der Waals surface area contributed by atoms with Crippen molar-refractivity contribution < 1.29 is 19.2 Å². The summed E-state index contributed by atoms with van der Waals surface area (Å²) in [7, 11) is 4.24. The van der Waals surface area contributed by atoms with Crippen LogP contribution in [-0.2, 0) is 0 Å². The Hall–Kier alpha value is -2.64. The van der Waals surface area contributed by atoms with Gasteiger partial charge in [-0.1, -0.05) is 23.5 Å². The van der Waals surface area contributed by atoms with Crippen LogP contribution in [0.4, 0.5) is 5.13 Å². The van der Waals surface area contributed by atoms with E-state index in [0.717, 1.165) is 33.9 Å². The van der Waals surface area contributed by atoms with E-state index in [4.69, 9.17) is 14.5 Å². The van der Waals surface area contributed by atoms with E-state index in [-0.39, 0.29) is 5.91 Å². The van der Waals surface area contributed by atoms with Gasteiger partial charge in [-0.15, -0.1) is 0 Å². The molecule has 0 fully saturated rings. The molecule has 1 aliphatic rings. The summed E-state index contributed by atoms with van der Waals surface area (Å²) in [6.45, 7) is 4.68. The van der Waals surface area contributed by atoms with Crippen LogP contribution in [0.3, 0.4) is 0 Å². The number of thiazole rings is 1. The molecule has 0 radical (unpaired) electrons. The van der Waals surface area contributed by atoms with E-state index in [1.165, 1.54) is 4.90 Å². The van der Waals surface area contributed by atoms with Crippen molar-refractivity contribution in [3.05, 3.63) is 47.5 Å². The van der Waals surface area contributed by atoms with Gasteiger partial charge in [0.05, 0.1) is 30.9 Å². The van der Waals surface area contributed by atoms with Gasteiger partial charge < -0.3 is 14.4 Å². The van der Waals surface area contributed by atoms with Crippen molar-refractivity contribution in [1.82, 2.24) is 4.98 Å². The number of aromatic nitrogens is 1. The Labute approximate surface area is 174 Å². The highest BCUT2D eigenvalue weighted by atomic mass is 32.1. The minimum Gasteiger partial charge on any atom is -0.486 e. The largest absolute Gasteiger partial charge is 0.486 e. The number of hydrogen-bond acceptors (Lipinski definition) is 5. The molecule has 1 amide bonds. The van der Waals surface area contributed by atoms with Gasteiger partial charge in [-0.3, -0.25) is 9.69 Å². The quantitative estimate of drug-likeness (QED) is 0.676. The molecule has 0 aliphatic carbocycles. The zero-order valence-corrected chi connectivity index (χ0v) is 17.8. The lowest BCUT2D eigenvalue weighted by Gasteiger charge is -2.22. The highest BCUT2D eigenvalue weighted by Gasteiger charge is 2.24. The summed E-state index contributed by atoms with van der Waals surface area (Å²) in [5.74, 6) is 1.25. The minimum absolute atomic E-state index is 0.0626. The van der Waals surface area contributed by atoms with Gasteiger partial charge in [0.25, 0.3) is 5.91 Å². The summed E-state index contributed by atoms with van der Waals surface area (Å²) in [5.41, 5.74) is 2.67. The molecule has 2 aromatic carbocycles. The van der Waals surface area contributed by atoms with Crippen LogP contribution in [0.25, 0.3) is 10.2 Å². The number of rotatable bonds is 6. The van der Waals surface area contributed by atoms with E-state index in [9.17, 15) is 4.79 Å². The van der Waals surface area contributed by atoms with Gasteiger partial charge in [0, 0.05) is 18.5 Å². The molecule has 0 unspecified atom stereocenters. The van der Waals surface area contributed by atoms with Crippen molar-refractivity contribution in [2.75, 3.05) is 45.3 Å². The number of amides is 1. The topological polar surface area (TPSA) is 56.1 Å². The molecule has 1 aliphatic heterocycles. The molecule has 29 heavy (non-hydrogen) atoms. The summed E-state index contributed by atoms with van der Waals surface area (Å²) < 4.78 is 12.3. The summed E-state index contributed by atoms with van der Waals surface area (Å²) in [6.07, 6.45) is 0.896. The standard InChI is InChI=1S/C22H25N3O3S/c1-15-6-4-7-19-20(15)23-22(29-19)25(11-5-10-24(2)3)21(26)16-8-9-17-18(14-16)28-13-12-27-17/h4,6-9,14H,5,10-13H2,1-3H3/p+1. The second-order valence-corrected chi connectivity index (χ2v) is 8.55. The molecule has 6 nitrogen and oxygen atoms in total. The van der Waals surface area contributed by atoms with Crippen LogP contribution in [0, 0.1) is 6.92 Å². The Bertz CT molecular complexity index is 1030. The second-order valence-electron chi connectivity index (χ2n) is 7.54. The van der Waals surface area contributed by atoms with Crippen molar-refractivity contribution in [1.29, 1.82) is 0 Å². The van der Waals surface area contributed by atoms with Crippen molar-refractivity contribution in [2.45, 2.75) is 13.3 Å². The Morgan fingerprint density at radius 2 is 1.97 bits per heavy atom. The van der Waals surface area contributed by atoms with E-state index in [1.807, 2.05) is 25.1 Å². The van der Waals surface area contributed by atoms with E-state index >= 15 is 0 Å². The Morgan fingerprint density at radius 1 is 1.17 bits per heavy atom. The molecule has 0 spiro atoms. The smallest absolute Gasteiger partial charge is 0.260 e. The van der Waals surface area contributed by atoms with Gasteiger partial charge in [-0.05, 0) is 36.8 Å². The van der Waals surface area contributed by atoms with Crippen LogP contribution in [-0.4, -0.2) is 51.3 Å². The average Bonchev–Trinajstić information content (AvgIpc) is 3.15.